The van der Waals surface area contributed by atoms with Crippen LogP contribution < -0.4 is 5.32 Å². The standard InChI is InChI=1S/C26H28N4OS/c31-26(23-18-22-19-28-24-12-6-13-25(32-23)30(22)24)27-15-14-21-11-4-5-16-29(21)17-7-10-20-8-2-1-3-9-20/h1-3,6,8-9,12-14,18-19H,4-5,7,10-11,15-17H2,(H,27,31). The number of thioether (sulfide) groups is 1. The van der Waals surface area contributed by atoms with Gasteiger partial charge in [0.2, 0.25) is 0 Å². The molecule has 0 saturated carbocycles. The van der Waals surface area contributed by atoms with Crippen LogP contribution in [0.15, 0.2) is 76.4 Å². The first-order valence-corrected chi connectivity index (χ1v) is 12.2. The highest BCUT2D eigenvalue weighted by molar-refractivity contribution is 8.04. The number of hydrogen-bond acceptors (Lipinski definition) is 4. The molecule has 0 bridgehead atoms. The predicted octanol–water partition coefficient (Wildman–Crippen LogP) is 4.90. The third-order valence-corrected chi connectivity index (χ3v) is 7.14. The molecular formula is C26H28N4OS. The summed E-state index contributed by atoms with van der Waals surface area (Å²) in [7, 11) is 0. The Morgan fingerprint density at radius 2 is 2.03 bits per heavy atom. The van der Waals surface area contributed by atoms with Gasteiger partial charge in [0.25, 0.3) is 5.91 Å². The number of carbonyl (C=O) groups excluding carboxylic acids is 1. The number of hydrogen-bond donors (Lipinski definition) is 1. The molecule has 0 unspecified atom stereocenters. The van der Waals surface area contributed by atoms with Crippen molar-refractivity contribution in [3.63, 3.8) is 0 Å². The number of nitrogens with one attached hydrogen (secondary N) is 1. The monoisotopic (exact) mass is 444 g/mol. The van der Waals surface area contributed by atoms with Crippen LogP contribution in [-0.4, -0.2) is 39.8 Å². The Balaban J connectivity index is 1.17. The third-order valence-electron chi connectivity index (χ3n) is 6.09. The SMILES string of the molecule is O=C(NCC=C1CCCCN1CCCc1ccccc1)C1=Cc2cnc3cccc(n23)S1. The highest BCUT2D eigenvalue weighted by Gasteiger charge is 2.20. The molecule has 1 saturated heterocycles. The number of benzene rings is 1. The van der Waals surface area contributed by atoms with Crippen LogP contribution in [0.1, 0.15) is 36.9 Å². The molecule has 0 atom stereocenters. The largest absolute Gasteiger partial charge is 0.375 e. The molecule has 5 rings (SSSR count). The zero-order chi connectivity index (χ0) is 21.8. The number of allylic oxidation sites excluding steroid dienone is 1. The summed E-state index contributed by atoms with van der Waals surface area (Å²) in [5, 5.41) is 4.12. The molecule has 32 heavy (non-hydrogen) atoms. The minimum Gasteiger partial charge on any atom is -0.375 e. The quantitative estimate of drug-likeness (QED) is 0.563. The van der Waals surface area contributed by atoms with Crippen LogP contribution in [0.25, 0.3) is 11.7 Å². The van der Waals surface area contributed by atoms with E-state index in [1.165, 1.54) is 35.9 Å². The maximum absolute atomic E-state index is 12.8. The smallest absolute Gasteiger partial charge is 0.258 e. The number of carbonyl (C=O) groups is 1. The fourth-order valence-electron chi connectivity index (χ4n) is 4.46. The van der Waals surface area contributed by atoms with E-state index in [-0.39, 0.29) is 5.91 Å². The summed E-state index contributed by atoms with van der Waals surface area (Å²) in [5.41, 5.74) is 4.64. The van der Waals surface area contributed by atoms with Crippen molar-refractivity contribution in [2.75, 3.05) is 19.6 Å². The summed E-state index contributed by atoms with van der Waals surface area (Å²) in [6, 6.07) is 16.7. The van der Waals surface area contributed by atoms with Crippen molar-refractivity contribution in [1.82, 2.24) is 19.6 Å². The van der Waals surface area contributed by atoms with E-state index in [0.29, 0.717) is 11.4 Å². The Bertz CT molecular complexity index is 1170. The predicted molar refractivity (Wildman–Crippen MR) is 130 cm³/mol. The van der Waals surface area contributed by atoms with Crippen LogP contribution in [-0.2, 0) is 11.2 Å². The molecule has 1 fully saturated rings. The molecular weight excluding hydrogens is 416 g/mol. The average molecular weight is 445 g/mol. The number of rotatable bonds is 7. The number of aryl methyl sites for hydroxylation is 1. The lowest BCUT2D eigenvalue weighted by molar-refractivity contribution is -0.116. The van der Waals surface area contributed by atoms with E-state index < -0.39 is 0 Å². The van der Waals surface area contributed by atoms with Gasteiger partial charge in [-0.05, 0) is 62.0 Å². The zero-order valence-corrected chi connectivity index (χ0v) is 19.0. The van der Waals surface area contributed by atoms with Crippen LogP contribution in [0.5, 0.6) is 0 Å². The van der Waals surface area contributed by atoms with E-state index in [9.17, 15) is 4.79 Å². The first-order valence-electron chi connectivity index (χ1n) is 11.4. The molecule has 6 heteroatoms. The molecule has 4 heterocycles. The van der Waals surface area contributed by atoms with Crippen molar-refractivity contribution in [3.05, 3.63) is 82.7 Å². The van der Waals surface area contributed by atoms with Crippen molar-refractivity contribution >= 4 is 29.4 Å². The summed E-state index contributed by atoms with van der Waals surface area (Å²) in [6.07, 6.45) is 11.8. The minimum atomic E-state index is -0.0252. The Labute approximate surface area is 193 Å². The van der Waals surface area contributed by atoms with E-state index in [1.807, 2.05) is 30.5 Å². The minimum absolute atomic E-state index is 0.0252. The van der Waals surface area contributed by atoms with Gasteiger partial charge in [-0.3, -0.25) is 9.20 Å². The first kappa shape index (κ1) is 20.9. The molecule has 0 radical (unpaired) electrons. The highest BCUT2D eigenvalue weighted by Crippen LogP contribution is 2.34. The Morgan fingerprint density at radius 3 is 2.94 bits per heavy atom. The van der Waals surface area contributed by atoms with Gasteiger partial charge in [-0.25, -0.2) is 4.98 Å². The van der Waals surface area contributed by atoms with Crippen molar-refractivity contribution in [2.45, 2.75) is 37.1 Å². The van der Waals surface area contributed by atoms with Crippen molar-refractivity contribution in [2.24, 2.45) is 0 Å². The molecule has 1 amide bonds. The number of aromatic nitrogens is 2. The first-order chi connectivity index (χ1) is 15.8. The summed E-state index contributed by atoms with van der Waals surface area (Å²) < 4.78 is 2.08. The Kier molecular flexibility index (Phi) is 6.30. The topological polar surface area (TPSA) is 49.6 Å². The number of amides is 1. The molecule has 0 aliphatic carbocycles. The van der Waals surface area contributed by atoms with Gasteiger partial charge in [-0.2, -0.15) is 0 Å². The lowest BCUT2D eigenvalue weighted by Gasteiger charge is -2.32. The second-order valence-electron chi connectivity index (χ2n) is 8.29. The number of pyridine rings is 1. The number of imidazole rings is 1. The van der Waals surface area contributed by atoms with Gasteiger partial charge in [-0.1, -0.05) is 48.2 Å². The van der Waals surface area contributed by atoms with E-state index in [1.54, 1.807) is 0 Å². The van der Waals surface area contributed by atoms with Crippen molar-refractivity contribution in [3.8, 4) is 0 Å². The van der Waals surface area contributed by atoms with Crippen LogP contribution >= 0.6 is 11.8 Å². The molecule has 0 spiro atoms. The van der Waals surface area contributed by atoms with Crippen molar-refractivity contribution in [1.29, 1.82) is 0 Å². The van der Waals surface area contributed by atoms with Crippen LogP contribution in [0.4, 0.5) is 0 Å². The summed E-state index contributed by atoms with van der Waals surface area (Å²) in [5.74, 6) is -0.0252. The second kappa shape index (κ2) is 9.65. The Morgan fingerprint density at radius 1 is 1.12 bits per heavy atom. The van der Waals surface area contributed by atoms with Gasteiger partial charge in [0.1, 0.15) is 5.65 Å². The van der Waals surface area contributed by atoms with Gasteiger partial charge in [0.05, 0.1) is 21.8 Å². The van der Waals surface area contributed by atoms with Gasteiger partial charge in [0.15, 0.2) is 0 Å². The van der Waals surface area contributed by atoms with E-state index in [2.05, 4.69) is 56.0 Å². The maximum Gasteiger partial charge on any atom is 0.258 e. The normalized spacial score (nSPS) is 16.9. The highest BCUT2D eigenvalue weighted by atomic mass is 32.2. The van der Waals surface area contributed by atoms with Gasteiger partial charge >= 0.3 is 0 Å². The maximum atomic E-state index is 12.8. The van der Waals surface area contributed by atoms with E-state index in [0.717, 1.165) is 48.7 Å². The van der Waals surface area contributed by atoms with Crippen molar-refractivity contribution < 1.29 is 4.79 Å². The van der Waals surface area contributed by atoms with Gasteiger partial charge in [0, 0.05) is 25.3 Å². The Hall–Kier alpha value is -2.99. The van der Waals surface area contributed by atoms with Crippen LogP contribution in [0.3, 0.4) is 0 Å². The summed E-state index contributed by atoms with van der Waals surface area (Å²) >= 11 is 1.50. The molecule has 1 aromatic carbocycles. The fraction of sp³-hybridized carbons (Fsp3) is 0.308. The summed E-state index contributed by atoms with van der Waals surface area (Å²) in [4.78, 5) is 20.5. The molecule has 2 aliphatic rings. The molecule has 1 N–H and O–H groups in total. The lowest BCUT2D eigenvalue weighted by atomic mass is 10.0. The van der Waals surface area contributed by atoms with E-state index >= 15 is 0 Å². The molecule has 2 aromatic heterocycles. The van der Waals surface area contributed by atoms with Crippen LogP contribution in [0, 0.1) is 0 Å². The average Bonchev–Trinajstić information content (AvgIpc) is 3.25. The van der Waals surface area contributed by atoms with Crippen LogP contribution in [0.2, 0.25) is 0 Å². The number of likely N-dealkylation sites (tertiary alicyclic amines) is 1. The second-order valence-corrected chi connectivity index (χ2v) is 9.35. The summed E-state index contributed by atoms with van der Waals surface area (Å²) in [6.45, 7) is 2.75. The number of nitrogens with zero attached hydrogens (tertiary/aromatic N) is 3. The van der Waals surface area contributed by atoms with E-state index in [4.69, 9.17) is 0 Å². The molecule has 2 aliphatic heterocycles. The third kappa shape index (κ3) is 4.60. The fourth-order valence-corrected chi connectivity index (χ4v) is 5.47. The molecule has 3 aromatic rings. The van der Waals surface area contributed by atoms with Gasteiger partial charge < -0.3 is 10.2 Å². The van der Waals surface area contributed by atoms with Gasteiger partial charge in [-0.15, -0.1) is 0 Å². The number of piperidine rings is 1. The molecule has 164 valence electrons. The lowest BCUT2D eigenvalue weighted by Crippen LogP contribution is -2.31. The molecule has 5 nitrogen and oxygen atoms in total. The zero-order valence-electron chi connectivity index (χ0n) is 18.2.